The summed E-state index contributed by atoms with van der Waals surface area (Å²) in [6, 6.07) is 0. The van der Waals surface area contributed by atoms with Gasteiger partial charge in [-0.25, -0.2) is 0 Å². The lowest BCUT2D eigenvalue weighted by atomic mass is 10.1. The molecule has 1 amide bonds. The molecule has 0 unspecified atom stereocenters. The number of hydrogen-bond acceptors (Lipinski definition) is 4. The average molecular weight is 239 g/mol. The number of carbonyl (C=O) groups is 1. The Bertz CT molecular complexity index is 358. The van der Waals surface area contributed by atoms with Crippen molar-refractivity contribution in [1.82, 2.24) is 15.5 Å². The van der Waals surface area contributed by atoms with Crippen molar-refractivity contribution in [2.75, 3.05) is 6.54 Å². The highest BCUT2D eigenvalue weighted by molar-refractivity contribution is 5.89. The third kappa shape index (κ3) is 4.97. The minimum atomic E-state index is -0.284. The molecule has 1 N–H and O–H groups in total. The van der Waals surface area contributed by atoms with Crippen molar-refractivity contribution in [2.45, 2.75) is 40.5 Å². The third-order valence-electron chi connectivity index (χ3n) is 2.26. The van der Waals surface area contributed by atoms with Crippen LogP contribution in [0.4, 0.5) is 0 Å². The number of aromatic nitrogens is 2. The molecule has 0 fully saturated rings. The van der Waals surface area contributed by atoms with E-state index >= 15 is 0 Å². The van der Waals surface area contributed by atoms with E-state index in [1.807, 2.05) is 0 Å². The first-order valence-corrected chi connectivity index (χ1v) is 6.09. The van der Waals surface area contributed by atoms with Crippen molar-refractivity contribution >= 4 is 5.91 Å². The molecule has 1 aromatic rings. The fourth-order valence-electron chi connectivity index (χ4n) is 1.34. The predicted octanol–water partition coefficient (Wildman–Crippen LogP) is 2.04. The van der Waals surface area contributed by atoms with Crippen LogP contribution < -0.4 is 5.32 Å². The van der Waals surface area contributed by atoms with Gasteiger partial charge in [0.25, 0.3) is 0 Å². The molecule has 5 heteroatoms. The van der Waals surface area contributed by atoms with Gasteiger partial charge in [0.1, 0.15) is 0 Å². The largest absolute Gasteiger partial charge is 0.348 e. The first kappa shape index (κ1) is 13.7. The number of rotatable bonds is 6. The molecule has 17 heavy (non-hydrogen) atoms. The summed E-state index contributed by atoms with van der Waals surface area (Å²) in [5, 5.41) is 6.54. The van der Waals surface area contributed by atoms with E-state index in [4.69, 9.17) is 4.52 Å². The van der Waals surface area contributed by atoms with Crippen molar-refractivity contribution in [3.8, 4) is 0 Å². The molecule has 0 aliphatic carbocycles. The molecule has 0 radical (unpaired) electrons. The van der Waals surface area contributed by atoms with Crippen molar-refractivity contribution in [1.29, 1.82) is 0 Å². The Morgan fingerprint density at radius 1 is 1.29 bits per heavy atom. The van der Waals surface area contributed by atoms with E-state index in [0.717, 1.165) is 12.8 Å². The standard InChI is InChI=1S/C12H21N3O2/c1-8(2)5-6-13-11(16)12-14-10(15-17-12)7-9(3)4/h8-9H,5-7H2,1-4H3,(H,13,16). The number of carbonyl (C=O) groups excluding carboxylic acids is 1. The summed E-state index contributed by atoms with van der Waals surface area (Å²) < 4.78 is 4.91. The second kappa shape index (κ2) is 6.37. The third-order valence-corrected chi connectivity index (χ3v) is 2.26. The molecule has 1 heterocycles. The predicted molar refractivity (Wildman–Crippen MR) is 64.6 cm³/mol. The minimum absolute atomic E-state index is 0.0596. The van der Waals surface area contributed by atoms with Crippen molar-refractivity contribution in [2.24, 2.45) is 11.8 Å². The van der Waals surface area contributed by atoms with Gasteiger partial charge in [-0.05, 0) is 18.3 Å². The number of hydrogen-bond donors (Lipinski definition) is 1. The maximum Gasteiger partial charge on any atom is 0.315 e. The number of nitrogens with zero attached hydrogens (tertiary/aromatic N) is 2. The molecule has 1 aromatic heterocycles. The fraction of sp³-hybridized carbons (Fsp3) is 0.750. The van der Waals surface area contributed by atoms with Gasteiger partial charge >= 0.3 is 11.8 Å². The molecule has 0 saturated carbocycles. The van der Waals surface area contributed by atoms with Crippen LogP contribution in [0, 0.1) is 11.8 Å². The quantitative estimate of drug-likeness (QED) is 0.825. The molecule has 0 aliphatic rings. The normalized spacial score (nSPS) is 11.2. The van der Waals surface area contributed by atoms with Gasteiger partial charge in [-0.15, -0.1) is 0 Å². The smallest absolute Gasteiger partial charge is 0.315 e. The Kier molecular flexibility index (Phi) is 5.12. The summed E-state index contributed by atoms with van der Waals surface area (Å²) in [7, 11) is 0. The van der Waals surface area contributed by atoms with Crippen LogP contribution in [0.1, 0.15) is 50.6 Å². The monoisotopic (exact) mass is 239 g/mol. The highest BCUT2D eigenvalue weighted by Crippen LogP contribution is 2.05. The first-order valence-electron chi connectivity index (χ1n) is 6.09. The van der Waals surface area contributed by atoms with Crippen LogP contribution in [0.2, 0.25) is 0 Å². The maximum atomic E-state index is 11.6. The number of amides is 1. The Hall–Kier alpha value is -1.39. The van der Waals surface area contributed by atoms with Crippen molar-refractivity contribution in [3.05, 3.63) is 11.7 Å². The second-order valence-electron chi connectivity index (χ2n) is 5.05. The van der Waals surface area contributed by atoms with E-state index in [-0.39, 0.29) is 11.8 Å². The molecular weight excluding hydrogens is 218 g/mol. The summed E-state index contributed by atoms with van der Waals surface area (Å²) in [4.78, 5) is 15.7. The Morgan fingerprint density at radius 3 is 2.59 bits per heavy atom. The van der Waals surface area contributed by atoms with Crippen LogP contribution in [-0.2, 0) is 6.42 Å². The summed E-state index contributed by atoms with van der Waals surface area (Å²) in [5.41, 5.74) is 0. The second-order valence-corrected chi connectivity index (χ2v) is 5.05. The van der Waals surface area contributed by atoms with Crippen LogP contribution in [0.15, 0.2) is 4.52 Å². The van der Waals surface area contributed by atoms with Crippen molar-refractivity contribution < 1.29 is 9.32 Å². The van der Waals surface area contributed by atoms with Crippen LogP contribution in [0.5, 0.6) is 0 Å². The fourth-order valence-corrected chi connectivity index (χ4v) is 1.34. The lowest BCUT2D eigenvalue weighted by Gasteiger charge is -2.04. The molecule has 5 nitrogen and oxygen atoms in total. The van der Waals surface area contributed by atoms with E-state index in [1.54, 1.807) is 0 Å². The van der Waals surface area contributed by atoms with Crippen LogP contribution >= 0.6 is 0 Å². The van der Waals surface area contributed by atoms with Crippen LogP contribution in [0.25, 0.3) is 0 Å². The maximum absolute atomic E-state index is 11.6. The van der Waals surface area contributed by atoms with Gasteiger partial charge in [-0.1, -0.05) is 32.9 Å². The zero-order chi connectivity index (χ0) is 12.8. The highest BCUT2D eigenvalue weighted by Gasteiger charge is 2.15. The summed E-state index contributed by atoms with van der Waals surface area (Å²) in [6.45, 7) is 9.00. The lowest BCUT2D eigenvalue weighted by Crippen LogP contribution is -2.25. The topological polar surface area (TPSA) is 68.0 Å². The van der Waals surface area contributed by atoms with E-state index in [9.17, 15) is 4.79 Å². The lowest BCUT2D eigenvalue weighted by molar-refractivity contribution is 0.0908. The summed E-state index contributed by atoms with van der Waals surface area (Å²) >= 11 is 0. The van der Waals surface area contributed by atoms with Crippen LogP contribution in [-0.4, -0.2) is 22.6 Å². The first-order chi connectivity index (χ1) is 7.99. The average Bonchev–Trinajstić information content (AvgIpc) is 2.64. The number of nitrogens with one attached hydrogen (secondary N) is 1. The molecule has 1 rings (SSSR count). The van der Waals surface area contributed by atoms with Gasteiger partial charge in [0, 0.05) is 13.0 Å². The molecule has 0 saturated heterocycles. The van der Waals surface area contributed by atoms with Gasteiger partial charge in [0.15, 0.2) is 5.82 Å². The molecule has 0 aliphatic heterocycles. The van der Waals surface area contributed by atoms with E-state index in [1.165, 1.54) is 0 Å². The van der Waals surface area contributed by atoms with Crippen LogP contribution in [0.3, 0.4) is 0 Å². The summed E-state index contributed by atoms with van der Waals surface area (Å²) in [6.07, 6.45) is 1.67. The molecule has 0 atom stereocenters. The molecular formula is C12H21N3O2. The molecule has 0 spiro atoms. The molecule has 0 bridgehead atoms. The Labute approximate surface area is 102 Å². The highest BCUT2D eigenvalue weighted by atomic mass is 16.5. The van der Waals surface area contributed by atoms with Gasteiger partial charge in [-0.2, -0.15) is 4.98 Å². The van der Waals surface area contributed by atoms with Gasteiger partial charge in [0.2, 0.25) is 0 Å². The van der Waals surface area contributed by atoms with E-state index in [2.05, 4.69) is 43.2 Å². The zero-order valence-electron chi connectivity index (χ0n) is 11.0. The summed E-state index contributed by atoms with van der Waals surface area (Å²) in [5.74, 6) is 1.38. The molecule has 96 valence electrons. The van der Waals surface area contributed by atoms with E-state index in [0.29, 0.717) is 24.2 Å². The zero-order valence-corrected chi connectivity index (χ0v) is 11.0. The molecule has 0 aromatic carbocycles. The van der Waals surface area contributed by atoms with Gasteiger partial charge < -0.3 is 9.84 Å². The Balaban J connectivity index is 2.43. The minimum Gasteiger partial charge on any atom is -0.348 e. The van der Waals surface area contributed by atoms with E-state index < -0.39 is 0 Å². The van der Waals surface area contributed by atoms with Crippen molar-refractivity contribution in [3.63, 3.8) is 0 Å². The van der Waals surface area contributed by atoms with Gasteiger partial charge in [0.05, 0.1) is 0 Å². The van der Waals surface area contributed by atoms with Gasteiger partial charge in [-0.3, -0.25) is 4.79 Å². The SMILES string of the molecule is CC(C)CCNC(=O)c1nc(CC(C)C)no1. The Morgan fingerprint density at radius 2 is 2.00 bits per heavy atom.